The molecular formula is C17H16F2O2. The number of rotatable bonds is 6. The first-order valence-electron chi connectivity index (χ1n) is 6.69. The maximum atomic E-state index is 14.2. The monoisotopic (exact) mass is 290 g/mol. The standard InChI is InChI=1S/C17H16F2O2/c18-17(19,15-9-5-2-6-10-15)12-14(16(20)21)11-13-7-3-1-4-8-13/h1-10,14H,11-12H2,(H,20,21). The fourth-order valence-corrected chi connectivity index (χ4v) is 2.25. The summed E-state index contributed by atoms with van der Waals surface area (Å²) in [5.74, 6) is -5.48. The molecule has 0 bridgehead atoms. The molecule has 1 N–H and O–H groups in total. The fraction of sp³-hybridized carbons (Fsp3) is 0.235. The van der Waals surface area contributed by atoms with Crippen LogP contribution in [0.5, 0.6) is 0 Å². The number of benzene rings is 2. The summed E-state index contributed by atoms with van der Waals surface area (Å²) in [4.78, 5) is 11.3. The van der Waals surface area contributed by atoms with Crippen molar-refractivity contribution in [2.45, 2.75) is 18.8 Å². The van der Waals surface area contributed by atoms with Crippen LogP contribution in [0.1, 0.15) is 17.5 Å². The first kappa shape index (κ1) is 15.2. The number of aliphatic carboxylic acids is 1. The van der Waals surface area contributed by atoms with Crippen molar-refractivity contribution < 1.29 is 18.7 Å². The van der Waals surface area contributed by atoms with Gasteiger partial charge >= 0.3 is 5.97 Å². The van der Waals surface area contributed by atoms with Crippen molar-refractivity contribution in [1.29, 1.82) is 0 Å². The molecule has 2 rings (SSSR count). The molecule has 0 amide bonds. The summed E-state index contributed by atoms with van der Waals surface area (Å²) in [5.41, 5.74) is 0.595. The van der Waals surface area contributed by atoms with E-state index < -0.39 is 24.2 Å². The van der Waals surface area contributed by atoms with Gasteiger partial charge in [-0.15, -0.1) is 0 Å². The van der Waals surface area contributed by atoms with Crippen LogP contribution in [0.4, 0.5) is 8.78 Å². The molecule has 2 aromatic rings. The first-order valence-corrected chi connectivity index (χ1v) is 6.69. The highest BCUT2D eigenvalue weighted by atomic mass is 19.3. The van der Waals surface area contributed by atoms with E-state index in [0.29, 0.717) is 0 Å². The van der Waals surface area contributed by atoms with Crippen molar-refractivity contribution in [2.75, 3.05) is 0 Å². The number of alkyl halides is 2. The largest absolute Gasteiger partial charge is 0.481 e. The highest BCUT2D eigenvalue weighted by Gasteiger charge is 2.37. The molecule has 1 atom stereocenters. The molecule has 2 aromatic carbocycles. The Morgan fingerprint density at radius 2 is 1.52 bits per heavy atom. The van der Waals surface area contributed by atoms with Crippen LogP contribution in [0.2, 0.25) is 0 Å². The van der Waals surface area contributed by atoms with Crippen LogP contribution in [0, 0.1) is 5.92 Å². The molecule has 0 radical (unpaired) electrons. The average Bonchev–Trinajstić information content (AvgIpc) is 2.48. The molecular weight excluding hydrogens is 274 g/mol. The van der Waals surface area contributed by atoms with Crippen molar-refractivity contribution in [3.8, 4) is 0 Å². The van der Waals surface area contributed by atoms with Crippen molar-refractivity contribution in [3.63, 3.8) is 0 Å². The summed E-state index contributed by atoms with van der Waals surface area (Å²) in [6.07, 6.45) is -0.611. The molecule has 0 aliphatic heterocycles. The number of halogens is 2. The van der Waals surface area contributed by atoms with Gasteiger partial charge in [-0.3, -0.25) is 4.79 Å². The summed E-state index contributed by atoms with van der Waals surface area (Å²) in [5, 5.41) is 9.21. The second-order valence-corrected chi connectivity index (χ2v) is 5.00. The molecule has 1 unspecified atom stereocenters. The molecule has 0 aliphatic carbocycles. The number of carboxylic acid groups (broad SMARTS) is 1. The third-order valence-electron chi connectivity index (χ3n) is 3.37. The SMILES string of the molecule is O=C(O)C(Cc1ccccc1)CC(F)(F)c1ccccc1. The van der Waals surface area contributed by atoms with E-state index in [2.05, 4.69) is 0 Å². The van der Waals surface area contributed by atoms with E-state index in [9.17, 15) is 18.7 Å². The second-order valence-electron chi connectivity index (χ2n) is 5.00. The van der Waals surface area contributed by atoms with Crippen molar-refractivity contribution in [2.24, 2.45) is 5.92 Å². The minimum absolute atomic E-state index is 0.0958. The minimum Gasteiger partial charge on any atom is -0.481 e. The lowest BCUT2D eigenvalue weighted by molar-refractivity contribution is -0.145. The van der Waals surface area contributed by atoms with Crippen LogP contribution >= 0.6 is 0 Å². The maximum absolute atomic E-state index is 14.2. The Hall–Kier alpha value is -2.23. The predicted molar refractivity (Wildman–Crippen MR) is 76.2 cm³/mol. The topological polar surface area (TPSA) is 37.3 Å². The maximum Gasteiger partial charge on any atom is 0.307 e. The quantitative estimate of drug-likeness (QED) is 0.869. The van der Waals surface area contributed by atoms with Gasteiger partial charge in [-0.2, -0.15) is 0 Å². The molecule has 0 saturated heterocycles. The van der Waals surface area contributed by atoms with Crippen molar-refractivity contribution in [3.05, 3.63) is 71.8 Å². The van der Waals surface area contributed by atoms with E-state index in [-0.39, 0.29) is 12.0 Å². The van der Waals surface area contributed by atoms with E-state index in [4.69, 9.17) is 0 Å². The Morgan fingerprint density at radius 3 is 2.05 bits per heavy atom. The Bertz CT molecular complexity index is 582. The van der Waals surface area contributed by atoms with Gasteiger partial charge in [-0.05, 0) is 12.0 Å². The van der Waals surface area contributed by atoms with Gasteiger partial charge in [0.15, 0.2) is 0 Å². The van der Waals surface area contributed by atoms with Gasteiger partial charge < -0.3 is 5.11 Å². The first-order chi connectivity index (χ1) is 9.99. The fourth-order valence-electron chi connectivity index (χ4n) is 2.25. The molecule has 4 heteroatoms. The van der Waals surface area contributed by atoms with E-state index >= 15 is 0 Å². The summed E-state index contributed by atoms with van der Waals surface area (Å²) >= 11 is 0. The Labute approximate surface area is 122 Å². The van der Waals surface area contributed by atoms with Crippen LogP contribution < -0.4 is 0 Å². The van der Waals surface area contributed by atoms with E-state index in [1.54, 1.807) is 36.4 Å². The molecule has 110 valence electrons. The molecule has 21 heavy (non-hydrogen) atoms. The normalized spacial score (nSPS) is 12.9. The van der Waals surface area contributed by atoms with Gasteiger partial charge in [0.1, 0.15) is 0 Å². The van der Waals surface area contributed by atoms with E-state index in [0.717, 1.165) is 5.56 Å². The van der Waals surface area contributed by atoms with Crippen LogP contribution in [-0.4, -0.2) is 11.1 Å². The summed E-state index contributed by atoms with van der Waals surface area (Å²) < 4.78 is 28.4. The Kier molecular flexibility index (Phi) is 4.68. The van der Waals surface area contributed by atoms with Gasteiger partial charge in [0.25, 0.3) is 5.92 Å². The number of hydrogen-bond acceptors (Lipinski definition) is 1. The van der Waals surface area contributed by atoms with Crippen molar-refractivity contribution >= 4 is 5.97 Å². The molecule has 0 heterocycles. The Balaban J connectivity index is 2.15. The summed E-state index contributed by atoms with van der Waals surface area (Å²) in [7, 11) is 0. The smallest absolute Gasteiger partial charge is 0.307 e. The van der Waals surface area contributed by atoms with Crippen LogP contribution in [0.3, 0.4) is 0 Å². The Morgan fingerprint density at radius 1 is 1.00 bits per heavy atom. The zero-order chi connectivity index (χ0) is 15.3. The molecule has 0 saturated carbocycles. The highest BCUT2D eigenvalue weighted by molar-refractivity contribution is 5.70. The second kappa shape index (κ2) is 6.48. The van der Waals surface area contributed by atoms with Crippen LogP contribution in [0.25, 0.3) is 0 Å². The number of carboxylic acids is 1. The highest BCUT2D eigenvalue weighted by Crippen LogP contribution is 2.35. The lowest BCUT2D eigenvalue weighted by atomic mass is 9.90. The predicted octanol–water partition coefficient (Wildman–Crippen LogP) is 4.11. The molecule has 0 spiro atoms. The van der Waals surface area contributed by atoms with Gasteiger partial charge in [-0.25, -0.2) is 8.78 Å². The van der Waals surface area contributed by atoms with Crippen LogP contribution in [0.15, 0.2) is 60.7 Å². The van der Waals surface area contributed by atoms with Crippen LogP contribution in [-0.2, 0) is 17.1 Å². The zero-order valence-corrected chi connectivity index (χ0v) is 11.4. The lowest BCUT2D eigenvalue weighted by Crippen LogP contribution is -2.25. The van der Waals surface area contributed by atoms with E-state index in [1.165, 1.54) is 24.3 Å². The summed E-state index contributed by atoms with van der Waals surface area (Å²) in [6.45, 7) is 0. The van der Waals surface area contributed by atoms with Gasteiger partial charge in [-0.1, -0.05) is 60.7 Å². The van der Waals surface area contributed by atoms with Gasteiger partial charge in [0.2, 0.25) is 0 Å². The van der Waals surface area contributed by atoms with Gasteiger partial charge in [0, 0.05) is 12.0 Å². The molecule has 0 aromatic heterocycles. The molecule has 2 nitrogen and oxygen atoms in total. The minimum atomic E-state index is -3.15. The lowest BCUT2D eigenvalue weighted by Gasteiger charge is -2.21. The number of hydrogen-bond donors (Lipinski definition) is 1. The average molecular weight is 290 g/mol. The zero-order valence-electron chi connectivity index (χ0n) is 11.4. The third-order valence-corrected chi connectivity index (χ3v) is 3.37. The summed E-state index contributed by atoms with van der Waals surface area (Å²) in [6, 6.07) is 16.2. The third kappa shape index (κ3) is 4.12. The molecule has 0 aliphatic rings. The van der Waals surface area contributed by atoms with Gasteiger partial charge in [0.05, 0.1) is 5.92 Å². The number of carbonyl (C=O) groups is 1. The van der Waals surface area contributed by atoms with Crippen molar-refractivity contribution in [1.82, 2.24) is 0 Å². The van der Waals surface area contributed by atoms with E-state index in [1.807, 2.05) is 0 Å². The molecule has 0 fully saturated rings.